The van der Waals surface area contributed by atoms with Crippen molar-refractivity contribution in [2.24, 2.45) is 0 Å². The fraction of sp³-hybridized carbons (Fsp3) is 0.0588. The summed E-state index contributed by atoms with van der Waals surface area (Å²) in [4.78, 5) is 37.0. The molecule has 1 heterocycles. The first kappa shape index (κ1) is 14.5. The van der Waals surface area contributed by atoms with Crippen LogP contribution in [0.1, 0.15) is 42.2 Å². The van der Waals surface area contributed by atoms with Gasteiger partial charge in [0.2, 0.25) is 0 Å². The highest BCUT2D eigenvalue weighted by atomic mass is 16.4. The van der Waals surface area contributed by atoms with E-state index in [0.717, 1.165) is 4.90 Å². The molecule has 0 radical (unpaired) electrons. The summed E-state index contributed by atoms with van der Waals surface area (Å²) in [5.74, 6) is -2.14. The Bertz CT molecular complexity index is 896. The highest BCUT2D eigenvalue weighted by Gasteiger charge is 2.36. The van der Waals surface area contributed by atoms with Gasteiger partial charge in [-0.25, -0.2) is 4.79 Å². The lowest BCUT2D eigenvalue weighted by molar-refractivity contribution is 0.0627. The molecule has 0 atom stereocenters. The molecular formula is C17H10N2O4. The van der Waals surface area contributed by atoms with E-state index in [0.29, 0.717) is 5.56 Å². The van der Waals surface area contributed by atoms with Crippen molar-refractivity contribution in [3.63, 3.8) is 0 Å². The lowest BCUT2D eigenvalue weighted by atomic mass is 10.1. The molecule has 2 aromatic rings. The first-order valence-corrected chi connectivity index (χ1v) is 6.74. The summed E-state index contributed by atoms with van der Waals surface area (Å²) in [6.45, 7) is -0.128. The average Bonchev–Trinajstić information content (AvgIpc) is 2.79. The molecule has 0 bridgehead atoms. The van der Waals surface area contributed by atoms with Gasteiger partial charge in [0.15, 0.2) is 0 Å². The summed E-state index contributed by atoms with van der Waals surface area (Å²) in [7, 11) is 0. The molecule has 3 rings (SSSR count). The van der Waals surface area contributed by atoms with Gasteiger partial charge in [-0.2, -0.15) is 5.26 Å². The minimum Gasteiger partial charge on any atom is -0.478 e. The van der Waals surface area contributed by atoms with Gasteiger partial charge in [-0.1, -0.05) is 18.2 Å². The van der Waals surface area contributed by atoms with E-state index in [1.807, 2.05) is 6.07 Å². The van der Waals surface area contributed by atoms with Crippen molar-refractivity contribution in [3.05, 3.63) is 70.3 Å². The molecule has 2 amide bonds. The minimum atomic E-state index is -1.12. The summed E-state index contributed by atoms with van der Waals surface area (Å²) in [6.07, 6.45) is 0. The van der Waals surface area contributed by atoms with Gasteiger partial charge in [0.25, 0.3) is 11.8 Å². The van der Waals surface area contributed by atoms with Crippen LogP contribution in [0, 0.1) is 11.3 Å². The van der Waals surface area contributed by atoms with Crippen LogP contribution in [0.25, 0.3) is 0 Å². The molecule has 1 N–H and O–H groups in total. The zero-order valence-electron chi connectivity index (χ0n) is 11.8. The maximum absolute atomic E-state index is 12.4. The molecule has 0 aromatic heterocycles. The summed E-state index contributed by atoms with van der Waals surface area (Å²) in [5, 5.41) is 18.1. The lowest BCUT2D eigenvalue weighted by Crippen LogP contribution is -2.29. The second kappa shape index (κ2) is 5.39. The van der Waals surface area contributed by atoms with Crippen molar-refractivity contribution in [3.8, 4) is 6.07 Å². The van der Waals surface area contributed by atoms with E-state index >= 15 is 0 Å². The Morgan fingerprint density at radius 3 is 2.48 bits per heavy atom. The second-order valence-electron chi connectivity index (χ2n) is 5.03. The summed E-state index contributed by atoms with van der Waals surface area (Å²) < 4.78 is 0. The molecule has 2 aromatic carbocycles. The number of nitrogens with zero attached hydrogens (tertiary/aromatic N) is 2. The third-order valence-electron chi connectivity index (χ3n) is 3.68. The van der Waals surface area contributed by atoms with E-state index < -0.39 is 17.8 Å². The van der Waals surface area contributed by atoms with Crippen LogP contribution in [0.4, 0.5) is 0 Å². The predicted molar refractivity (Wildman–Crippen MR) is 78.8 cm³/mol. The molecule has 0 unspecified atom stereocenters. The Morgan fingerprint density at radius 1 is 1.09 bits per heavy atom. The largest absolute Gasteiger partial charge is 0.478 e. The van der Waals surface area contributed by atoms with Crippen molar-refractivity contribution in [2.45, 2.75) is 6.54 Å². The van der Waals surface area contributed by atoms with Crippen molar-refractivity contribution < 1.29 is 19.5 Å². The van der Waals surface area contributed by atoms with E-state index in [1.165, 1.54) is 24.3 Å². The van der Waals surface area contributed by atoms with Crippen LogP contribution in [0.2, 0.25) is 0 Å². The number of aromatic carboxylic acids is 1. The van der Waals surface area contributed by atoms with Crippen LogP contribution in [0.15, 0.2) is 42.5 Å². The molecule has 23 heavy (non-hydrogen) atoms. The van der Waals surface area contributed by atoms with Crippen molar-refractivity contribution >= 4 is 17.8 Å². The minimum absolute atomic E-state index is 0.0433. The van der Waals surface area contributed by atoms with Gasteiger partial charge >= 0.3 is 5.97 Å². The predicted octanol–water partition coefficient (Wildman–Crippen LogP) is 2.05. The van der Waals surface area contributed by atoms with Gasteiger partial charge in [0.1, 0.15) is 0 Å². The Morgan fingerprint density at radius 2 is 1.78 bits per heavy atom. The van der Waals surface area contributed by atoms with Crippen LogP contribution in [-0.2, 0) is 6.54 Å². The number of carboxylic acids is 1. The van der Waals surface area contributed by atoms with E-state index in [4.69, 9.17) is 5.26 Å². The molecule has 112 valence electrons. The zero-order valence-corrected chi connectivity index (χ0v) is 11.8. The Hall–Kier alpha value is -3.46. The van der Waals surface area contributed by atoms with Gasteiger partial charge in [-0.05, 0) is 29.8 Å². The van der Waals surface area contributed by atoms with Gasteiger partial charge in [-0.3, -0.25) is 14.5 Å². The van der Waals surface area contributed by atoms with Gasteiger partial charge in [0, 0.05) is 0 Å². The summed E-state index contributed by atoms with van der Waals surface area (Å²) >= 11 is 0. The van der Waals surface area contributed by atoms with Crippen LogP contribution >= 0.6 is 0 Å². The number of carbonyl (C=O) groups is 3. The maximum atomic E-state index is 12.4. The van der Waals surface area contributed by atoms with Crippen LogP contribution in [-0.4, -0.2) is 27.8 Å². The molecule has 0 saturated carbocycles. The van der Waals surface area contributed by atoms with Gasteiger partial charge in [-0.15, -0.1) is 0 Å². The number of benzene rings is 2. The quantitative estimate of drug-likeness (QED) is 0.875. The number of nitriles is 1. The number of hydrogen-bond acceptors (Lipinski definition) is 4. The number of rotatable bonds is 3. The number of fused-ring (bicyclic) bond motifs is 1. The highest BCUT2D eigenvalue weighted by molar-refractivity contribution is 6.21. The monoisotopic (exact) mass is 306 g/mol. The third kappa shape index (κ3) is 2.34. The molecule has 0 fully saturated rings. The third-order valence-corrected chi connectivity index (χ3v) is 3.68. The molecule has 6 heteroatoms. The van der Waals surface area contributed by atoms with E-state index in [1.54, 1.807) is 18.2 Å². The molecule has 6 nitrogen and oxygen atoms in total. The SMILES string of the molecule is N#Cc1ccc2c(c1)C(=O)N(Cc1ccccc1C(=O)O)C2=O. The topological polar surface area (TPSA) is 98.5 Å². The first-order valence-electron chi connectivity index (χ1n) is 6.74. The average molecular weight is 306 g/mol. The fourth-order valence-electron chi connectivity index (χ4n) is 2.54. The molecular weight excluding hydrogens is 296 g/mol. The number of carbonyl (C=O) groups excluding carboxylic acids is 2. The number of amides is 2. The van der Waals surface area contributed by atoms with E-state index in [2.05, 4.69) is 0 Å². The highest BCUT2D eigenvalue weighted by Crippen LogP contribution is 2.26. The molecule has 1 aliphatic heterocycles. The van der Waals surface area contributed by atoms with E-state index in [9.17, 15) is 19.5 Å². The zero-order chi connectivity index (χ0) is 16.6. The molecule has 0 saturated heterocycles. The van der Waals surface area contributed by atoms with Gasteiger partial charge in [0.05, 0.1) is 34.9 Å². The Kier molecular flexibility index (Phi) is 3.39. The number of hydrogen-bond donors (Lipinski definition) is 1. The standard InChI is InChI=1S/C17H10N2O4/c18-8-10-5-6-13-14(7-10)16(21)19(15(13)20)9-11-3-1-2-4-12(11)17(22)23/h1-7H,9H2,(H,22,23). The smallest absolute Gasteiger partial charge is 0.336 e. The fourth-order valence-corrected chi connectivity index (χ4v) is 2.54. The Labute approximate surface area is 131 Å². The second-order valence-corrected chi connectivity index (χ2v) is 5.03. The van der Waals surface area contributed by atoms with Crippen LogP contribution in [0.5, 0.6) is 0 Å². The molecule has 1 aliphatic rings. The summed E-state index contributed by atoms with van der Waals surface area (Å²) in [6, 6.07) is 12.4. The van der Waals surface area contributed by atoms with Crippen LogP contribution in [0.3, 0.4) is 0 Å². The molecule has 0 aliphatic carbocycles. The number of imide groups is 1. The first-order chi connectivity index (χ1) is 11.0. The lowest BCUT2D eigenvalue weighted by Gasteiger charge is -2.15. The normalized spacial score (nSPS) is 12.9. The van der Waals surface area contributed by atoms with Crippen LogP contribution < -0.4 is 0 Å². The Balaban J connectivity index is 1.98. The maximum Gasteiger partial charge on any atom is 0.336 e. The molecule has 0 spiro atoms. The van der Waals surface area contributed by atoms with Crippen molar-refractivity contribution in [1.29, 1.82) is 5.26 Å². The van der Waals surface area contributed by atoms with E-state index in [-0.39, 0.29) is 28.8 Å². The summed E-state index contributed by atoms with van der Waals surface area (Å²) in [5.41, 5.74) is 1.10. The van der Waals surface area contributed by atoms with Gasteiger partial charge < -0.3 is 5.11 Å². The van der Waals surface area contributed by atoms with Crippen molar-refractivity contribution in [1.82, 2.24) is 4.90 Å². The van der Waals surface area contributed by atoms with Crippen molar-refractivity contribution in [2.75, 3.05) is 0 Å². The number of carboxylic acid groups (broad SMARTS) is 1.